The Morgan fingerprint density at radius 1 is 1.33 bits per heavy atom. The lowest BCUT2D eigenvalue weighted by molar-refractivity contribution is -0.137. The Hall–Kier alpha value is -1.63. The van der Waals surface area contributed by atoms with Crippen molar-refractivity contribution >= 4 is 61.2 Å². The minimum absolute atomic E-state index is 0.00551. The minimum Gasteiger partial charge on any atom is -0.505 e. The minimum atomic E-state index is -4.58. The maximum Gasteiger partial charge on any atom is 0.416 e. The fourth-order valence-corrected chi connectivity index (χ4v) is 3.27. The Bertz CT molecular complexity index is 857. The number of hydrogen-bond donors (Lipinski definition) is 3. The number of nitrogens with zero attached hydrogens (tertiary/aromatic N) is 1. The van der Waals surface area contributed by atoms with Crippen molar-refractivity contribution in [1.82, 2.24) is 10.3 Å². The van der Waals surface area contributed by atoms with Crippen molar-refractivity contribution in [2.45, 2.75) is 6.18 Å². The maximum atomic E-state index is 12.9. The molecule has 11 heteroatoms. The number of carbonyl (C=O) groups excluding carboxylic acids is 1. The summed E-state index contributed by atoms with van der Waals surface area (Å²) in [5.41, 5.74) is -1.42. The van der Waals surface area contributed by atoms with Gasteiger partial charge < -0.3 is 15.5 Å². The first kappa shape index (κ1) is 18.7. The summed E-state index contributed by atoms with van der Waals surface area (Å²) in [5.74, 6) is -2.89. The molecule has 1 heterocycles. The molecule has 6 nitrogen and oxygen atoms in total. The van der Waals surface area contributed by atoms with Crippen LogP contribution in [0.3, 0.4) is 0 Å². The van der Waals surface area contributed by atoms with Crippen molar-refractivity contribution in [2.24, 2.45) is 0 Å². The number of fused-ring (bicyclic) bond motifs is 1. The second kappa shape index (κ2) is 6.70. The molecule has 0 saturated carbocycles. The van der Waals surface area contributed by atoms with Gasteiger partial charge in [-0.05, 0) is 50.7 Å². The molecule has 0 aliphatic heterocycles. The van der Waals surface area contributed by atoms with E-state index in [4.69, 9.17) is 5.11 Å². The van der Waals surface area contributed by atoms with Crippen LogP contribution in [0.1, 0.15) is 16.1 Å². The van der Waals surface area contributed by atoms with Crippen molar-refractivity contribution in [1.29, 1.82) is 0 Å². The molecule has 1 aromatic carbocycles. The zero-order valence-corrected chi connectivity index (χ0v) is 15.2. The molecule has 3 N–H and O–H groups in total. The summed E-state index contributed by atoms with van der Waals surface area (Å²) in [5, 5.41) is 20.7. The van der Waals surface area contributed by atoms with Crippen molar-refractivity contribution < 1.29 is 33.0 Å². The number of hydrogen-bond acceptors (Lipinski definition) is 4. The number of carbonyl (C=O) groups is 2. The number of carboxylic acids is 1. The second-order valence-corrected chi connectivity index (χ2v) is 6.47. The lowest BCUT2D eigenvalue weighted by atomic mass is 10.1. The molecule has 2 rings (SSSR count). The predicted molar refractivity (Wildman–Crippen MR) is 88.8 cm³/mol. The van der Waals surface area contributed by atoms with Gasteiger partial charge >= 0.3 is 12.1 Å². The fraction of sp³-hybridized carbons (Fsp3) is 0.154. The van der Waals surface area contributed by atoms with Gasteiger partial charge in [-0.25, -0.2) is 4.98 Å². The highest BCUT2D eigenvalue weighted by Crippen LogP contribution is 2.40. The van der Waals surface area contributed by atoms with Crippen LogP contribution in [-0.4, -0.2) is 33.6 Å². The number of nitrogens with one attached hydrogen (secondary N) is 1. The summed E-state index contributed by atoms with van der Waals surface area (Å²) in [7, 11) is 0. The Morgan fingerprint density at radius 2 is 1.96 bits per heavy atom. The number of aromatic nitrogens is 1. The van der Waals surface area contributed by atoms with E-state index >= 15 is 0 Å². The SMILES string of the molecule is O=C(O)CNC(=O)c1nc(Br)c2cc(C(F)(F)F)cc(I)c2c1O. The monoisotopic (exact) mass is 518 g/mol. The van der Waals surface area contributed by atoms with E-state index in [9.17, 15) is 27.9 Å². The van der Waals surface area contributed by atoms with Crippen LogP contribution >= 0.6 is 38.5 Å². The first-order chi connectivity index (χ1) is 11.0. The normalized spacial score (nSPS) is 11.5. The highest BCUT2D eigenvalue weighted by atomic mass is 127. The van der Waals surface area contributed by atoms with Gasteiger partial charge in [-0.15, -0.1) is 0 Å². The van der Waals surface area contributed by atoms with Gasteiger partial charge in [0, 0.05) is 14.3 Å². The molecule has 0 spiro atoms. The smallest absolute Gasteiger partial charge is 0.416 e. The maximum absolute atomic E-state index is 12.9. The summed E-state index contributed by atoms with van der Waals surface area (Å²) in [4.78, 5) is 26.1. The molecule has 24 heavy (non-hydrogen) atoms. The number of rotatable bonds is 3. The quantitative estimate of drug-likeness (QED) is 0.428. The van der Waals surface area contributed by atoms with E-state index in [1.807, 2.05) is 5.32 Å². The highest BCUT2D eigenvalue weighted by Gasteiger charge is 2.32. The third-order valence-electron chi connectivity index (χ3n) is 2.93. The summed E-state index contributed by atoms with van der Waals surface area (Å²) < 4.78 is 38.6. The van der Waals surface area contributed by atoms with Gasteiger partial charge in [-0.1, -0.05) is 0 Å². The molecular formula is C13H7BrF3IN2O4. The Labute approximate surface area is 154 Å². The summed E-state index contributed by atoms with van der Waals surface area (Å²) in [6.07, 6.45) is -4.58. The molecule has 0 fully saturated rings. The molecule has 1 amide bonds. The van der Waals surface area contributed by atoms with Gasteiger partial charge in [0.2, 0.25) is 0 Å². The number of aliphatic carboxylic acids is 1. The third kappa shape index (κ3) is 3.71. The fourth-order valence-electron chi connectivity index (χ4n) is 1.90. The van der Waals surface area contributed by atoms with Gasteiger partial charge in [0.25, 0.3) is 5.91 Å². The van der Waals surface area contributed by atoms with Gasteiger partial charge in [-0.3, -0.25) is 9.59 Å². The van der Waals surface area contributed by atoms with Gasteiger partial charge in [0.1, 0.15) is 11.1 Å². The molecule has 128 valence electrons. The van der Waals surface area contributed by atoms with Crippen LogP contribution < -0.4 is 5.32 Å². The molecule has 0 aliphatic rings. The lowest BCUT2D eigenvalue weighted by Crippen LogP contribution is -2.30. The van der Waals surface area contributed by atoms with E-state index in [2.05, 4.69) is 20.9 Å². The molecular weight excluding hydrogens is 512 g/mol. The molecule has 0 saturated heterocycles. The van der Waals surface area contributed by atoms with Crippen molar-refractivity contribution in [3.8, 4) is 5.75 Å². The number of carboxylic acid groups (broad SMARTS) is 1. The second-order valence-electron chi connectivity index (χ2n) is 4.55. The van der Waals surface area contributed by atoms with E-state index in [1.54, 1.807) is 22.6 Å². The molecule has 0 bridgehead atoms. The molecule has 0 aliphatic carbocycles. The average Bonchev–Trinajstić information content (AvgIpc) is 2.46. The zero-order valence-electron chi connectivity index (χ0n) is 11.4. The molecule has 0 atom stereocenters. The molecule has 2 aromatic rings. The first-order valence-corrected chi connectivity index (χ1v) is 7.98. The van der Waals surface area contributed by atoms with Crippen LogP contribution in [0.25, 0.3) is 10.8 Å². The van der Waals surface area contributed by atoms with Crippen LogP contribution in [0.5, 0.6) is 5.75 Å². The first-order valence-electron chi connectivity index (χ1n) is 6.11. The number of alkyl halides is 3. The molecule has 1 aromatic heterocycles. The van der Waals surface area contributed by atoms with Crippen LogP contribution in [-0.2, 0) is 11.0 Å². The van der Waals surface area contributed by atoms with Crippen LogP contribution in [0, 0.1) is 3.57 Å². The van der Waals surface area contributed by atoms with Crippen molar-refractivity contribution in [3.63, 3.8) is 0 Å². The summed E-state index contributed by atoms with van der Waals surface area (Å²) in [6.45, 7) is -0.695. The lowest BCUT2D eigenvalue weighted by Gasteiger charge is -2.13. The number of pyridine rings is 1. The van der Waals surface area contributed by atoms with E-state index in [0.29, 0.717) is 0 Å². The predicted octanol–water partition coefficient (Wildman–Crippen LogP) is 3.14. The Morgan fingerprint density at radius 3 is 2.50 bits per heavy atom. The van der Waals surface area contributed by atoms with Crippen LogP contribution in [0.15, 0.2) is 16.7 Å². The average molecular weight is 519 g/mol. The number of amides is 1. The largest absolute Gasteiger partial charge is 0.505 e. The standard InChI is InChI=1S/C13H7BrF3IN2O4/c14-11-5-1-4(13(15,16)17)2-6(18)8(5)10(23)9(20-11)12(24)19-3-7(21)22/h1-2,23H,3H2,(H,19,24)(H,21,22). The Kier molecular flexibility index (Phi) is 5.22. The topological polar surface area (TPSA) is 99.5 Å². The van der Waals surface area contributed by atoms with Crippen LogP contribution in [0.2, 0.25) is 0 Å². The molecule has 0 radical (unpaired) electrons. The van der Waals surface area contributed by atoms with E-state index in [1.165, 1.54) is 0 Å². The summed E-state index contributed by atoms with van der Waals surface area (Å²) in [6, 6.07) is 1.63. The van der Waals surface area contributed by atoms with E-state index in [0.717, 1.165) is 12.1 Å². The third-order valence-corrected chi connectivity index (χ3v) is 4.38. The number of aromatic hydroxyl groups is 1. The Balaban J connectivity index is 2.64. The highest BCUT2D eigenvalue weighted by molar-refractivity contribution is 14.1. The summed E-state index contributed by atoms with van der Waals surface area (Å²) >= 11 is 4.58. The zero-order chi connectivity index (χ0) is 18.2. The van der Waals surface area contributed by atoms with Crippen molar-refractivity contribution in [2.75, 3.05) is 6.54 Å². The van der Waals surface area contributed by atoms with Crippen LogP contribution in [0.4, 0.5) is 13.2 Å². The van der Waals surface area contributed by atoms with Gasteiger partial charge in [0.05, 0.1) is 5.56 Å². The van der Waals surface area contributed by atoms with Crippen molar-refractivity contribution in [3.05, 3.63) is 31.6 Å². The number of benzene rings is 1. The number of halogens is 5. The van der Waals surface area contributed by atoms with Gasteiger partial charge in [0.15, 0.2) is 11.4 Å². The van der Waals surface area contributed by atoms with E-state index < -0.39 is 41.6 Å². The van der Waals surface area contributed by atoms with E-state index in [-0.39, 0.29) is 18.9 Å². The van der Waals surface area contributed by atoms with Gasteiger partial charge in [-0.2, -0.15) is 13.2 Å². The molecule has 0 unspecified atom stereocenters.